The zero-order valence-corrected chi connectivity index (χ0v) is 11.3. The molecule has 0 aliphatic carbocycles. The van der Waals surface area contributed by atoms with Crippen molar-refractivity contribution in [1.82, 2.24) is 5.32 Å². The van der Waals surface area contributed by atoms with Crippen molar-refractivity contribution in [1.29, 1.82) is 0 Å². The Morgan fingerprint density at radius 2 is 2.22 bits per heavy atom. The number of amidine groups is 1. The molecular formula is C13H16F2N2S. The van der Waals surface area contributed by atoms with Crippen molar-refractivity contribution in [2.75, 3.05) is 5.75 Å². The predicted octanol–water partition coefficient (Wildman–Crippen LogP) is 3.33. The lowest BCUT2D eigenvalue weighted by atomic mass is 10.0. The van der Waals surface area contributed by atoms with E-state index in [4.69, 9.17) is 0 Å². The number of benzene rings is 1. The first-order valence-corrected chi connectivity index (χ1v) is 6.90. The SMILES string of the molecule is CCC1(C)CSC(=NCc2cc(F)ccc2F)N1. The molecule has 0 spiro atoms. The van der Waals surface area contributed by atoms with Gasteiger partial charge in [0.2, 0.25) is 0 Å². The minimum atomic E-state index is -0.433. The molecule has 0 bridgehead atoms. The highest BCUT2D eigenvalue weighted by Crippen LogP contribution is 2.25. The number of aliphatic imine (C=N–C) groups is 1. The Hall–Kier alpha value is -1.10. The van der Waals surface area contributed by atoms with Gasteiger partial charge in [0.15, 0.2) is 5.17 Å². The fourth-order valence-electron chi connectivity index (χ4n) is 1.66. The largest absolute Gasteiger partial charge is 0.359 e. The average molecular weight is 270 g/mol. The van der Waals surface area contributed by atoms with E-state index in [-0.39, 0.29) is 17.6 Å². The highest BCUT2D eigenvalue weighted by molar-refractivity contribution is 8.14. The highest BCUT2D eigenvalue weighted by atomic mass is 32.2. The standard InChI is InChI=1S/C13H16F2N2S/c1-3-13(2)8-18-12(17-13)16-7-9-6-10(14)4-5-11(9)15/h4-6H,3,7-8H2,1-2H3,(H,16,17). The van der Waals surface area contributed by atoms with Gasteiger partial charge in [-0.1, -0.05) is 18.7 Å². The summed E-state index contributed by atoms with van der Waals surface area (Å²) in [5.41, 5.74) is 0.347. The second-order valence-electron chi connectivity index (χ2n) is 4.69. The highest BCUT2D eigenvalue weighted by Gasteiger charge is 2.30. The summed E-state index contributed by atoms with van der Waals surface area (Å²) in [6, 6.07) is 3.44. The van der Waals surface area contributed by atoms with Gasteiger partial charge < -0.3 is 5.32 Å². The average Bonchev–Trinajstić information content (AvgIpc) is 2.73. The van der Waals surface area contributed by atoms with Crippen LogP contribution >= 0.6 is 11.8 Å². The zero-order valence-electron chi connectivity index (χ0n) is 10.5. The summed E-state index contributed by atoms with van der Waals surface area (Å²) in [6.45, 7) is 4.41. The van der Waals surface area contributed by atoms with E-state index in [1.54, 1.807) is 11.8 Å². The van der Waals surface area contributed by atoms with Crippen LogP contribution in [0.25, 0.3) is 0 Å². The number of hydrogen-bond acceptors (Lipinski definition) is 2. The molecule has 1 aromatic rings. The van der Waals surface area contributed by atoms with E-state index in [2.05, 4.69) is 24.2 Å². The number of halogens is 2. The van der Waals surface area contributed by atoms with Gasteiger partial charge >= 0.3 is 0 Å². The van der Waals surface area contributed by atoms with Crippen molar-refractivity contribution >= 4 is 16.9 Å². The van der Waals surface area contributed by atoms with Gasteiger partial charge in [0.1, 0.15) is 11.6 Å². The van der Waals surface area contributed by atoms with Crippen LogP contribution in [-0.2, 0) is 6.54 Å². The maximum atomic E-state index is 13.4. The van der Waals surface area contributed by atoms with Crippen LogP contribution < -0.4 is 5.32 Å². The van der Waals surface area contributed by atoms with E-state index in [1.807, 2.05) is 0 Å². The Kier molecular flexibility index (Phi) is 3.90. The van der Waals surface area contributed by atoms with Crippen LogP contribution in [0, 0.1) is 11.6 Å². The van der Waals surface area contributed by atoms with Crippen molar-refractivity contribution in [3.63, 3.8) is 0 Å². The second-order valence-corrected chi connectivity index (χ2v) is 5.65. The van der Waals surface area contributed by atoms with Gasteiger partial charge in [-0.25, -0.2) is 8.78 Å². The lowest BCUT2D eigenvalue weighted by Gasteiger charge is -2.20. The molecule has 1 aromatic carbocycles. The monoisotopic (exact) mass is 270 g/mol. The minimum absolute atomic E-state index is 0.0595. The summed E-state index contributed by atoms with van der Waals surface area (Å²) in [6.07, 6.45) is 1.01. The van der Waals surface area contributed by atoms with Crippen molar-refractivity contribution in [2.24, 2.45) is 4.99 Å². The van der Waals surface area contributed by atoms with Crippen LogP contribution in [0.3, 0.4) is 0 Å². The summed E-state index contributed by atoms with van der Waals surface area (Å²) in [5.74, 6) is 0.104. The number of hydrogen-bond donors (Lipinski definition) is 1. The molecule has 0 aromatic heterocycles. The number of nitrogens with one attached hydrogen (secondary N) is 1. The molecule has 2 rings (SSSR count). The minimum Gasteiger partial charge on any atom is -0.359 e. The Labute approximate surface area is 110 Å². The molecule has 2 nitrogen and oxygen atoms in total. The summed E-state index contributed by atoms with van der Waals surface area (Å²) in [4.78, 5) is 4.30. The van der Waals surface area contributed by atoms with Crippen LogP contribution in [0.4, 0.5) is 8.78 Å². The zero-order chi connectivity index (χ0) is 13.2. The fraction of sp³-hybridized carbons (Fsp3) is 0.462. The van der Waals surface area contributed by atoms with Gasteiger partial charge in [0.05, 0.1) is 6.54 Å². The third-order valence-electron chi connectivity index (χ3n) is 3.12. The molecule has 1 unspecified atom stereocenters. The smallest absolute Gasteiger partial charge is 0.157 e. The van der Waals surface area contributed by atoms with Gasteiger partial charge in [0, 0.05) is 16.9 Å². The van der Waals surface area contributed by atoms with Gasteiger partial charge in [-0.15, -0.1) is 0 Å². The van der Waals surface area contributed by atoms with Gasteiger partial charge in [-0.05, 0) is 31.5 Å². The van der Waals surface area contributed by atoms with Gasteiger partial charge in [-0.2, -0.15) is 0 Å². The van der Waals surface area contributed by atoms with Crippen LogP contribution in [-0.4, -0.2) is 16.5 Å². The molecule has 5 heteroatoms. The van der Waals surface area contributed by atoms with Crippen molar-refractivity contribution in [3.05, 3.63) is 35.4 Å². The topological polar surface area (TPSA) is 24.4 Å². The van der Waals surface area contributed by atoms with Crippen molar-refractivity contribution in [3.8, 4) is 0 Å². The van der Waals surface area contributed by atoms with Crippen LogP contribution in [0.1, 0.15) is 25.8 Å². The first-order chi connectivity index (χ1) is 8.52. The van der Waals surface area contributed by atoms with Crippen LogP contribution in [0.2, 0.25) is 0 Å². The summed E-state index contributed by atoms with van der Waals surface area (Å²) < 4.78 is 26.4. The normalized spacial score (nSPS) is 25.4. The molecule has 0 amide bonds. The molecule has 0 saturated carbocycles. The summed E-state index contributed by atoms with van der Waals surface area (Å²) in [5, 5.41) is 4.13. The van der Waals surface area contributed by atoms with E-state index in [1.165, 1.54) is 6.07 Å². The lowest BCUT2D eigenvalue weighted by molar-refractivity contribution is 0.466. The Balaban J connectivity index is 2.06. The molecule has 1 aliphatic rings. The van der Waals surface area contributed by atoms with Crippen LogP contribution in [0.5, 0.6) is 0 Å². The molecule has 1 saturated heterocycles. The molecule has 0 radical (unpaired) electrons. The Morgan fingerprint density at radius 1 is 1.44 bits per heavy atom. The molecule has 1 N–H and O–H groups in total. The van der Waals surface area contributed by atoms with Gasteiger partial charge in [-0.3, -0.25) is 4.99 Å². The van der Waals surface area contributed by atoms with E-state index >= 15 is 0 Å². The first-order valence-electron chi connectivity index (χ1n) is 5.92. The number of nitrogens with zero attached hydrogens (tertiary/aromatic N) is 1. The lowest BCUT2D eigenvalue weighted by Crippen LogP contribution is -2.39. The van der Waals surface area contributed by atoms with Crippen LogP contribution in [0.15, 0.2) is 23.2 Å². The van der Waals surface area contributed by atoms with E-state index < -0.39 is 11.6 Å². The molecular weight excluding hydrogens is 254 g/mol. The van der Waals surface area contributed by atoms with E-state index in [9.17, 15) is 8.78 Å². The van der Waals surface area contributed by atoms with Gasteiger partial charge in [0.25, 0.3) is 0 Å². The second kappa shape index (κ2) is 5.26. The van der Waals surface area contributed by atoms with E-state index in [0.29, 0.717) is 0 Å². The summed E-state index contributed by atoms with van der Waals surface area (Å²) in [7, 11) is 0. The van der Waals surface area contributed by atoms with Crippen molar-refractivity contribution in [2.45, 2.75) is 32.4 Å². The fourth-order valence-corrected chi connectivity index (χ4v) is 2.86. The summed E-state index contributed by atoms with van der Waals surface area (Å²) >= 11 is 1.63. The Morgan fingerprint density at radius 3 is 2.89 bits per heavy atom. The molecule has 1 fully saturated rings. The maximum Gasteiger partial charge on any atom is 0.157 e. The third-order valence-corrected chi connectivity index (χ3v) is 4.40. The first kappa shape index (κ1) is 13.3. The number of rotatable bonds is 3. The Bertz CT molecular complexity index is 476. The number of thioether (sulfide) groups is 1. The third kappa shape index (κ3) is 3.02. The molecule has 1 atom stereocenters. The maximum absolute atomic E-state index is 13.4. The molecule has 1 heterocycles. The molecule has 1 aliphatic heterocycles. The van der Waals surface area contributed by atoms with E-state index in [0.717, 1.165) is 29.5 Å². The van der Waals surface area contributed by atoms with Crippen molar-refractivity contribution < 1.29 is 8.78 Å². The predicted molar refractivity (Wildman–Crippen MR) is 71.8 cm³/mol. The molecule has 18 heavy (non-hydrogen) atoms. The molecule has 98 valence electrons. The quantitative estimate of drug-likeness (QED) is 0.911.